The van der Waals surface area contributed by atoms with Crippen LogP contribution in [0.1, 0.15) is 40.5 Å². The van der Waals surface area contributed by atoms with Crippen molar-refractivity contribution in [2.45, 2.75) is 25.8 Å². The van der Waals surface area contributed by atoms with E-state index in [0.29, 0.717) is 11.1 Å². The van der Waals surface area contributed by atoms with Gasteiger partial charge in [-0.2, -0.15) is 0 Å². The van der Waals surface area contributed by atoms with Crippen molar-refractivity contribution in [2.75, 3.05) is 18.5 Å². The molecule has 0 bridgehead atoms. The number of nitrogens with zero attached hydrogens (tertiary/aromatic N) is 2. The third kappa shape index (κ3) is 2.38. The van der Waals surface area contributed by atoms with Gasteiger partial charge in [-0.05, 0) is 31.5 Å². The highest BCUT2D eigenvalue weighted by Crippen LogP contribution is 2.30. The van der Waals surface area contributed by atoms with Crippen molar-refractivity contribution in [1.82, 2.24) is 10.2 Å². The van der Waals surface area contributed by atoms with Crippen LogP contribution in [0, 0.1) is 0 Å². The molecule has 1 N–H and O–H groups in total. The van der Waals surface area contributed by atoms with E-state index in [9.17, 15) is 19.2 Å². The highest BCUT2D eigenvalue weighted by molar-refractivity contribution is 6.23. The lowest BCUT2D eigenvalue weighted by atomic mass is 10.0. The monoisotopic (exact) mass is 315 g/mol. The minimum atomic E-state index is -0.924. The topological polar surface area (TPSA) is 86.8 Å². The Labute approximate surface area is 133 Å². The summed E-state index contributed by atoms with van der Waals surface area (Å²) in [4.78, 5) is 51.3. The summed E-state index contributed by atoms with van der Waals surface area (Å²) >= 11 is 0. The minimum Gasteiger partial charge on any atom is -0.375 e. The molecule has 0 saturated carbocycles. The molecule has 0 spiro atoms. The first-order valence-electron chi connectivity index (χ1n) is 7.50. The van der Waals surface area contributed by atoms with Crippen LogP contribution in [0.4, 0.5) is 5.69 Å². The van der Waals surface area contributed by atoms with Gasteiger partial charge in [-0.3, -0.25) is 29.4 Å². The highest BCUT2D eigenvalue weighted by Gasteiger charge is 2.44. The smallest absolute Gasteiger partial charge is 0.262 e. The quantitative estimate of drug-likeness (QED) is 0.823. The summed E-state index contributed by atoms with van der Waals surface area (Å²) in [6, 6.07) is 4.14. The van der Waals surface area contributed by atoms with Gasteiger partial charge in [0.25, 0.3) is 11.8 Å². The Bertz CT molecular complexity index is 728. The van der Waals surface area contributed by atoms with Gasteiger partial charge < -0.3 is 4.90 Å². The zero-order valence-corrected chi connectivity index (χ0v) is 13.0. The second-order valence-electron chi connectivity index (χ2n) is 5.69. The van der Waals surface area contributed by atoms with E-state index in [0.717, 1.165) is 17.1 Å². The number of imide groups is 2. The number of fused-ring (bicyclic) bond motifs is 1. The van der Waals surface area contributed by atoms with E-state index in [4.69, 9.17) is 0 Å². The molecule has 120 valence electrons. The Morgan fingerprint density at radius 3 is 2.52 bits per heavy atom. The summed E-state index contributed by atoms with van der Waals surface area (Å²) < 4.78 is 0. The molecule has 7 nitrogen and oxygen atoms in total. The number of carbonyl (C=O) groups is 4. The van der Waals surface area contributed by atoms with Crippen LogP contribution in [0.5, 0.6) is 0 Å². The number of rotatable bonds is 3. The number of benzene rings is 1. The molecule has 7 heteroatoms. The van der Waals surface area contributed by atoms with Gasteiger partial charge in [0.15, 0.2) is 0 Å². The molecule has 2 aliphatic rings. The number of nitrogens with one attached hydrogen (secondary N) is 1. The van der Waals surface area contributed by atoms with Crippen LogP contribution in [-0.2, 0) is 9.59 Å². The maximum atomic E-state index is 12.6. The van der Waals surface area contributed by atoms with Crippen LogP contribution in [0.2, 0.25) is 0 Å². The Kier molecular flexibility index (Phi) is 3.63. The fourth-order valence-corrected chi connectivity index (χ4v) is 2.88. The van der Waals surface area contributed by atoms with Crippen LogP contribution in [0.25, 0.3) is 0 Å². The molecule has 3 rings (SSSR count). The first kappa shape index (κ1) is 15.2. The van der Waals surface area contributed by atoms with Crippen LogP contribution in [0.3, 0.4) is 0 Å². The lowest BCUT2D eigenvalue weighted by Gasteiger charge is -2.27. The van der Waals surface area contributed by atoms with Crippen molar-refractivity contribution in [3.8, 4) is 0 Å². The number of piperidine rings is 1. The maximum absolute atomic E-state index is 12.6. The van der Waals surface area contributed by atoms with Gasteiger partial charge in [-0.15, -0.1) is 0 Å². The number of carbonyl (C=O) groups excluding carboxylic acids is 4. The van der Waals surface area contributed by atoms with E-state index < -0.39 is 23.8 Å². The van der Waals surface area contributed by atoms with Crippen molar-refractivity contribution < 1.29 is 19.2 Å². The Balaban J connectivity index is 1.94. The van der Waals surface area contributed by atoms with Crippen molar-refractivity contribution in [3.63, 3.8) is 0 Å². The number of anilines is 1. The van der Waals surface area contributed by atoms with E-state index >= 15 is 0 Å². The molecule has 2 heterocycles. The normalized spacial score (nSPS) is 20.6. The van der Waals surface area contributed by atoms with Crippen LogP contribution >= 0.6 is 0 Å². The van der Waals surface area contributed by atoms with Crippen LogP contribution in [0.15, 0.2) is 18.2 Å². The molecule has 2 aliphatic heterocycles. The largest absolute Gasteiger partial charge is 0.375 e. The van der Waals surface area contributed by atoms with Gasteiger partial charge in [0.05, 0.1) is 11.1 Å². The maximum Gasteiger partial charge on any atom is 0.262 e. The Hall–Kier alpha value is -2.70. The molecule has 1 aromatic rings. The molecule has 23 heavy (non-hydrogen) atoms. The van der Waals surface area contributed by atoms with E-state index in [-0.39, 0.29) is 18.7 Å². The van der Waals surface area contributed by atoms with Gasteiger partial charge in [0.2, 0.25) is 11.8 Å². The second-order valence-corrected chi connectivity index (χ2v) is 5.69. The summed E-state index contributed by atoms with van der Waals surface area (Å²) in [5, 5.41) is 2.18. The van der Waals surface area contributed by atoms with Crippen molar-refractivity contribution >= 4 is 29.3 Å². The average molecular weight is 315 g/mol. The molecule has 1 saturated heterocycles. The Morgan fingerprint density at radius 1 is 1.17 bits per heavy atom. The highest BCUT2D eigenvalue weighted by atomic mass is 16.2. The molecule has 1 fully saturated rings. The Morgan fingerprint density at radius 2 is 1.87 bits per heavy atom. The fraction of sp³-hybridized carbons (Fsp3) is 0.375. The molecular weight excluding hydrogens is 298 g/mol. The second kappa shape index (κ2) is 5.49. The fourth-order valence-electron chi connectivity index (χ4n) is 2.88. The summed E-state index contributed by atoms with van der Waals surface area (Å²) in [5.41, 5.74) is 1.43. The zero-order chi connectivity index (χ0) is 16.7. The third-order valence-corrected chi connectivity index (χ3v) is 4.34. The molecule has 4 amide bonds. The van der Waals surface area contributed by atoms with E-state index in [1.165, 1.54) is 0 Å². The number of amides is 4. The predicted octanol–water partition coefficient (Wildman–Crippen LogP) is 0.544. The SMILES string of the molecule is CCN(C)c1ccc2c(c1)C(=O)N(C1CCC(=O)NC1=O)C2=O. The van der Waals surface area contributed by atoms with Gasteiger partial charge in [0.1, 0.15) is 6.04 Å². The summed E-state index contributed by atoms with van der Waals surface area (Å²) in [6.07, 6.45) is 0.283. The van der Waals surface area contributed by atoms with Crippen molar-refractivity contribution in [1.29, 1.82) is 0 Å². The van der Waals surface area contributed by atoms with Crippen molar-refractivity contribution in [3.05, 3.63) is 29.3 Å². The first-order chi connectivity index (χ1) is 10.9. The molecule has 0 aliphatic carbocycles. The molecule has 0 aromatic heterocycles. The summed E-state index contributed by atoms with van der Waals surface area (Å²) in [5.74, 6) is -1.94. The summed E-state index contributed by atoms with van der Waals surface area (Å²) in [6.45, 7) is 2.74. The molecule has 1 unspecified atom stereocenters. The van der Waals surface area contributed by atoms with Crippen LogP contribution < -0.4 is 10.2 Å². The van der Waals surface area contributed by atoms with Crippen LogP contribution in [-0.4, -0.2) is 48.2 Å². The lowest BCUT2D eigenvalue weighted by Crippen LogP contribution is -2.54. The van der Waals surface area contributed by atoms with E-state index in [1.807, 2.05) is 18.9 Å². The van der Waals surface area contributed by atoms with Crippen molar-refractivity contribution in [2.24, 2.45) is 0 Å². The van der Waals surface area contributed by atoms with Gasteiger partial charge >= 0.3 is 0 Å². The van der Waals surface area contributed by atoms with Gasteiger partial charge in [0, 0.05) is 25.7 Å². The van der Waals surface area contributed by atoms with E-state index in [1.54, 1.807) is 18.2 Å². The minimum absolute atomic E-state index is 0.119. The zero-order valence-electron chi connectivity index (χ0n) is 13.0. The lowest BCUT2D eigenvalue weighted by molar-refractivity contribution is -0.136. The number of hydrogen-bond acceptors (Lipinski definition) is 5. The molecule has 1 aromatic carbocycles. The molecular formula is C16H17N3O4. The van der Waals surface area contributed by atoms with Gasteiger partial charge in [-0.25, -0.2) is 0 Å². The number of hydrogen-bond donors (Lipinski definition) is 1. The first-order valence-corrected chi connectivity index (χ1v) is 7.50. The third-order valence-electron chi connectivity index (χ3n) is 4.34. The van der Waals surface area contributed by atoms with Gasteiger partial charge in [-0.1, -0.05) is 0 Å². The summed E-state index contributed by atoms with van der Waals surface area (Å²) in [7, 11) is 1.89. The predicted molar refractivity (Wildman–Crippen MR) is 82.1 cm³/mol. The molecule has 0 radical (unpaired) electrons. The standard InChI is InChI=1S/C16H17N3O4/c1-3-18(2)9-4-5-10-11(8-9)16(23)19(15(10)22)12-6-7-13(20)17-14(12)21/h4-5,8,12H,3,6-7H2,1-2H3,(H,17,20,21). The molecule has 1 atom stereocenters. The van der Waals surface area contributed by atoms with E-state index in [2.05, 4.69) is 5.32 Å². The average Bonchev–Trinajstić information content (AvgIpc) is 2.78.